The fourth-order valence-electron chi connectivity index (χ4n) is 1.48. The SMILES string of the molecule is CN(C)/C=C/C(=O)c1cccs1.Cl.[NH3+]O.c1csc(-c2ccno2)c1. The van der Waals surface area contributed by atoms with Crippen molar-refractivity contribution in [3.8, 4) is 10.6 Å². The van der Waals surface area contributed by atoms with Crippen LogP contribution in [-0.4, -0.2) is 35.1 Å². The van der Waals surface area contributed by atoms with E-state index in [1.54, 1.807) is 29.8 Å². The molecule has 6 nitrogen and oxygen atoms in total. The van der Waals surface area contributed by atoms with Gasteiger partial charge < -0.3 is 9.42 Å². The van der Waals surface area contributed by atoms with Gasteiger partial charge in [0, 0.05) is 32.4 Å². The minimum absolute atomic E-state index is 0. The van der Waals surface area contributed by atoms with Crippen LogP contribution in [0.25, 0.3) is 10.6 Å². The normalized spacial score (nSPS) is 9.28. The lowest BCUT2D eigenvalue weighted by Gasteiger charge is -2.01. The lowest BCUT2D eigenvalue weighted by molar-refractivity contribution is -0.670. The second-order valence-electron chi connectivity index (χ2n) is 4.47. The van der Waals surface area contributed by atoms with Gasteiger partial charge in [-0.15, -0.1) is 35.1 Å². The van der Waals surface area contributed by atoms with Gasteiger partial charge in [-0.2, -0.15) is 0 Å². The minimum Gasteiger partial charge on any atom is -0.383 e. The molecule has 0 aliphatic carbocycles. The van der Waals surface area contributed by atoms with Crippen LogP contribution in [0.4, 0.5) is 0 Å². The Kier molecular flexibility index (Phi) is 12.3. The second-order valence-corrected chi connectivity index (χ2v) is 6.37. The molecular weight excluding hydrogens is 382 g/mol. The Balaban J connectivity index is 0.000000408. The Morgan fingerprint density at radius 2 is 1.88 bits per heavy atom. The number of aromatic nitrogens is 1. The molecule has 0 spiro atoms. The third-order valence-corrected chi connectivity index (χ3v) is 4.26. The zero-order valence-corrected chi connectivity index (χ0v) is 16.3. The summed E-state index contributed by atoms with van der Waals surface area (Å²) in [4.78, 5) is 15.1. The van der Waals surface area contributed by atoms with Gasteiger partial charge >= 0.3 is 0 Å². The molecule has 3 rings (SSSR count). The minimum atomic E-state index is 0. The predicted octanol–water partition coefficient (Wildman–Crippen LogP) is 3.45. The first-order valence-electron chi connectivity index (χ1n) is 6.85. The Labute approximate surface area is 160 Å². The highest BCUT2D eigenvalue weighted by molar-refractivity contribution is 7.13. The van der Waals surface area contributed by atoms with Gasteiger partial charge in [0.2, 0.25) is 0 Å². The van der Waals surface area contributed by atoms with Crippen molar-refractivity contribution in [2.75, 3.05) is 14.1 Å². The molecule has 0 atom stereocenters. The average molecular weight is 403 g/mol. The molecule has 9 heteroatoms. The molecule has 136 valence electrons. The Bertz CT molecular complexity index is 665. The van der Waals surface area contributed by atoms with Gasteiger partial charge in [0.25, 0.3) is 0 Å². The smallest absolute Gasteiger partial charge is 0.197 e. The Morgan fingerprint density at radius 3 is 2.36 bits per heavy atom. The number of thiophene rings is 2. The highest BCUT2D eigenvalue weighted by atomic mass is 35.5. The van der Waals surface area contributed by atoms with Gasteiger partial charge in [0.15, 0.2) is 11.5 Å². The number of carbonyl (C=O) groups excluding carboxylic acids is 1. The zero-order valence-electron chi connectivity index (χ0n) is 13.9. The highest BCUT2D eigenvalue weighted by Crippen LogP contribution is 2.23. The van der Waals surface area contributed by atoms with Crippen LogP contribution in [0, 0.1) is 0 Å². The maximum Gasteiger partial charge on any atom is 0.197 e. The number of halogens is 1. The second kappa shape index (κ2) is 13.3. The fourth-order valence-corrected chi connectivity index (χ4v) is 2.81. The number of ketones is 1. The average Bonchev–Trinajstić information content (AvgIpc) is 3.37. The lowest BCUT2D eigenvalue weighted by Crippen LogP contribution is -2.42. The number of hydrogen-bond acceptors (Lipinski definition) is 7. The van der Waals surface area contributed by atoms with Gasteiger partial charge in [-0.05, 0) is 22.9 Å². The summed E-state index contributed by atoms with van der Waals surface area (Å²) in [6.07, 6.45) is 4.98. The Morgan fingerprint density at radius 1 is 1.20 bits per heavy atom. The quantitative estimate of drug-likeness (QED) is 0.396. The summed E-state index contributed by atoms with van der Waals surface area (Å²) in [5.41, 5.74) is 0. The van der Waals surface area contributed by atoms with E-state index in [9.17, 15) is 4.79 Å². The topological polar surface area (TPSA) is 94.2 Å². The van der Waals surface area contributed by atoms with Crippen LogP contribution in [0.5, 0.6) is 0 Å². The first-order chi connectivity index (χ1) is 11.7. The van der Waals surface area contributed by atoms with E-state index in [2.05, 4.69) is 11.1 Å². The molecule has 0 saturated carbocycles. The maximum atomic E-state index is 11.3. The number of rotatable bonds is 4. The molecule has 0 amide bonds. The summed E-state index contributed by atoms with van der Waals surface area (Å²) in [7, 11) is 3.77. The van der Waals surface area contributed by atoms with Crippen LogP contribution >= 0.6 is 35.1 Å². The van der Waals surface area contributed by atoms with Crippen molar-refractivity contribution in [3.63, 3.8) is 0 Å². The van der Waals surface area contributed by atoms with E-state index in [0.29, 0.717) is 0 Å². The summed E-state index contributed by atoms with van der Waals surface area (Å²) in [6.45, 7) is 0. The van der Waals surface area contributed by atoms with Gasteiger partial charge in [-0.3, -0.25) is 4.79 Å². The van der Waals surface area contributed by atoms with Crippen molar-refractivity contribution in [3.05, 3.63) is 64.4 Å². The predicted molar refractivity (Wildman–Crippen MR) is 103 cm³/mol. The van der Waals surface area contributed by atoms with Crippen molar-refractivity contribution in [1.29, 1.82) is 0 Å². The standard InChI is InChI=1S/C9H11NOS.C7H5NOS.ClH.H4NO/c1-10(2)6-5-8(11)9-4-3-7-12-9;1-2-7(10-5-1)6-3-4-8-9-6;;1-2/h3-7H,1-2H3;1-5H;1H;2H,1H3/q;;;+1/b6-5+;;;. The maximum absolute atomic E-state index is 11.3. The monoisotopic (exact) mass is 402 g/mol. The van der Waals surface area contributed by atoms with Crippen LogP contribution in [0.2, 0.25) is 0 Å². The zero-order chi connectivity index (χ0) is 17.8. The van der Waals surface area contributed by atoms with E-state index in [0.717, 1.165) is 15.5 Å². The summed E-state index contributed by atoms with van der Waals surface area (Å²) in [5, 5.41) is 14.3. The number of quaternary nitrogens is 1. The summed E-state index contributed by atoms with van der Waals surface area (Å²) < 4.78 is 4.94. The third kappa shape index (κ3) is 8.62. The fraction of sp³-hybridized carbons (Fsp3) is 0.125. The molecule has 0 aliphatic heterocycles. The van der Waals surface area contributed by atoms with Crippen LogP contribution in [0.3, 0.4) is 0 Å². The number of allylic oxidation sites excluding steroid dienone is 1. The highest BCUT2D eigenvalue weighted by Gasteiger charge is 2.01. The van der Waals surface area contributed by atoms with Crippen LogP contribution in [0.15, 0.2) is 64.1 Å². The first kappa shape index (κ1) is 23.0. The summed E-state index contributed by atoms with van der Waals surface area (Å²) in [5.74, 6) is 3.16. The molecule has 0 bridgehead atoms. The van der Waals surface area contributed by atoms with E-state index in [1.807, 2.05) is 60.1 Å². The van der Waals surface area contributed by atoms with Crippen LogP contribution in [-0.2, 0) is 0 Å². The first-order valence-corrected chi connectivity index (χ1v) is 8.61. The molecule has 0 saturated heterocycles. The number of carbonyl (C=O) groups is 1. The number of hydrogen-bond donors (Lipinski definition) is 2. The molecule has 25 heavy (non-hydrogen) atoms. The largest absolute Gasteiger partial charge is 0.383 e. The Hall–Kier alpha value is -1.97. The molecule has 3 aromatic rings. The molecule has 3 heterocycles. The molecule has 0 aliphatic rings. The van der Waals surface area contributed by atoms with Gasteiger partial charge in [-0.1, -0.05) is 17.3 Å². The van der Waals surface area contributed by atoms with Gasteiger partial charge in [0.05, 0.1) is 16.0 Å². The van der Waals surface area contributed by atoms with Crippen molar-refractivity contribution >= 4 is 40.9 Å². The molecule has 3 aromatic heterocycles. The third-order valence-electron chi connectivity index (χ3n) is 2.49. The number of nitrogens with zero attached hydrogens (tertiary/aromatic N) is 2. The van der Waals surface area contributed by atoms with Crippen LogP contribution < -0.4 is 5.90 Å². The molecule has 0 radical (unpaired) electrons. The molecular formula is C16H21ClN3O3S2+. The van der Waals surface area contributed by atoms with Gasteiger partial charge in [-0.25, -0.2) is 11.1 Å². The van der Waals surface area contributed by atoms with Crippen LogP contribution in [0.1, 0.15) is 9.67 Å². The molecule has 0 aromatic carbocycles. The van der Waals surface area contributed by atoms with Crippen molar-refractivity contribution in [2.45, 2.75) is 0 Å². The van der Waals surface area contributed by atoms with Gasteiger partial charge in [0.1, 0.15) is 0 Å². The summed E-state index contributed by atoms with van der Waals surface area (Å²) in [6, 6.07) is 9.55. The lowest BCUT2D eigenvalue weighted by atomic mass is 10.3. The van der Waals surface area contributed by atoms with E-state index in [-0.39, 0.29) is 18.2 Å². The van der Waals surface area contributed by atoms with Crippen molar-refractivity contribution in [2.24, 2.45) is 0 Å². The van der Waals surface area contributed by atoms with Crippen molar-refractivity contribution in [1.82, 2.24) is 10.1 Å². The van der Waals surface area contributed by atoms with E-state index >= 15 is 0 Å². The molecule has 0 fully saturated rings. The molecule has 0 unspecified atom stereocenters. The van der Waals surface area contributed by atoms with E-state index < -0.39 is 0 Å². The summed E-state index contributed by atoms with van der Waals surface area (Å²) >= 11 is 3.11. The van der Waals surface area contributed by atoms with E-state index in [4.69, 9.17) is 9.73 Å². The molecule has 4 N–H and O–H groups in total. The van der Waals surface area contributed by atoms with E-state index in [1.165, 1.54) is 11.3 Å². The van der Waals surface area contributed by atoms with Crippen molar-refractivity contribution < 1.29 is 20.4 Å².